The Morgan fingerprint density at radius 3 is 2.74 bits per heavy atom. The first-order valence-electron chi connectivity index (χ1n) is 6.69. The van der Waals surface area contributed by atoms with Crippen LogP contribution in [0.4, 0.5) is 5.69 Å². The van der Waals surface area contributed by atoms with Gasteiger partial charge >= 0.3 is 0 Å². The van der Waals surface area contributed by atoms with Gasteiger partial charge in [-0.05, 0) is 59.4 Å². The van der Waals surface area contributed by atoms with E-state index in [0.717, 1.165) is 29.2 Å². The molecule has 1 saturated carbocycles. The van der Waals surface area contributed by atoms with E-state index in [2.05, 4.69) is 28.5 Å². The summed E-state index contributed by atoms with van der Waals surface area (Å²) in [6, 6.07) is 5.95. The zero-order chi connectivity index (χ0) is 13.5. The van der Waals surface area contributed by atoms with E-state index in [0.29, 0.717) is 5.41 Å². The number of hydrogen-bond donors (Lipinski definition) is 1. The number of benzene rings is 1. The monoisotopic (exact) mass is 257 g/mol. The van der Waals surface area contributed by atoms with E-state index in [9.17, 15) is 0 Å². The molecule has 2 aromatic rings. The van der Waals surface area contributed by atoms with E-state index in [4.69, 9.17) is 5.73 Å². The summed E-state index contributed by atoms with van der Waals surface area (Å²) in [4.78, 5) is 0. The van der Waals surface area contributed by atoms with E-state index in [1.165, 1.54) is 19.3 Å². The Labute approximate surface area is 112 Å². The second-order valence-electron chi connectivity index (χ2n) is 5.96. The average molecular weight is 257 g/mol. The van der Waals surface area contributed by atoms with Crippen molar-refractivity contribution < 1.29 is 0 Å². The fraction of sp³-hybridized carbons (Fsp3) is 0.500. The molecule has 2 N–H and O–H groups in total. The quantitative estimate of drug-likeness (QED) is 0.857. The molecule has 1 aromatic carbocycles. The topological polar surface area (TPSA) is 69.6 Å². The molecule has 1 aliphatic carbocycles. The van der Waals surface area contributed by atoms with Crippen molar-refractivity contribution in [2.75, 3.05) is 5.73 Å². The number of nitrogens with zero attached hydrogens (tertiary/aromatic N) is 4. The van der Waals surface area contributed by atoms with Crippen molar-refractivity contribution >= 4 is 5.69 Å². The predicted molar refractivity (Wildman–Crippen MR) is 74.4 cm³/mol. The summed E-state index contributed by atoms with van der Waals surface area (Å²) in [7, 11) is 0. The summed E-state index contributed by atoms with van der Waals surface area (Å²) in [5.74, 6) is 0.809. The predicted octanol–water partition coefficient (Wildman–Crippen LogP) is 2.42. The van der Waals surface area contributed by atoms with Gasteiger partial charge in [0, 0.05) is 11.3 Å². The van der Waals surface area contributed by atoms with Gasteiger partial charge in [0.15, 0.2) is 5.82 Å². The largest absolute Gasteiger partial charge is 0.399 e. The summed E-state index contributed by atoms with van der Waals surface area (Å²) < 4.78 is 1.91. The van der Waals surface area contributed by atoms with Crippen molar-refractivity contribution in [3.8, 4) is 11.4 Å². The summed E-state index contributed by atoms with van der Waals surface area (Å²) in [6.07, 6.45) is 3.82. The van der Waals surface area contributed by atoms with Crippen LogP contribution in [0.5, 0.6) is 0 Å². The normalized spacial score (nSPS) is 17.2. The van der Waals surface area contributed by atoms with Crippen LogP contribution in [-0.4, -0.2) is 20.2 Å². The molecule has 0 saturated heterocycles. The molecule has 1 fully saturated rings. The smallest absolute Gasteiger partial charge is 0.182 e. The zero-order valence-corrected chi connectivity index (χ0v) is 11.4. The van der Waals surface area contributed by atoms with Crippen LogP contribution in [0.25, 0.3) is 11.4 Å². The van der Waals surface area contributed by atoms with Gasteiger partial charge in [-0.3, -0.25) is 0 Å². The number of aryl methyl sites for hydroxylation is 1. The Hall–Kier alpha value is -1.91. The molecule has 0 aliphatic heterocycles. The van der Waals surface area contributed by atoms with Gasteiger partial charge in [0.25, 0.3) is 0 Å². The highest BCUT2D eigenvalue weighted by Crippen LogP contribution is 2.42. The molecule has 0 radical (unpaired) electrons. The SMILES string of the molecule is Cc1cc(N)cc(-c2nnnn2CC2(C)CCC2)c1. The van der Waals surface area contributed by atoms with Gasteiger partial charge in [-0.1, -0.05) is 13.3 Å². The van der Waals surface area contributed by atoms with Crippen LogP contribution in [0.2, 0.25) is 0 Å². The number of nitrogens with two attached hydrogens (primary N) is 1. The van der Waals surface area contributed by atoms with Gasteiger partial charge in [-0.25, -0.2) is 4.68 Å². The molecular weight excluding hydrogens is 238 g/mol. The van der Waals surface area contributed by atoms with Crippen molar-refractivity contribution in [1.82, 2.24) is 20.2 Å². The van der Waals surface area contributed by atoms with Crippen LogP contribution >= 0.6 is 0 Å². The highest BCUT2D eigenvalue weighted by molar-refractivity contribution is 5.62. The first-order chi connectivity index (χ1) is 9.06. The van der Waals surface area contributed by atoms with E-state index < -0.39 is 0 Å². The first-order valence-corrected chi connectivity index (χ1v) is 6.69. The van der Waals surface area contributed by atoms with Gasteiger partial charge in [0.2, 0.25) is 0 Å². The Morgan fingerprint density at radius 2 is 2.11 bits per heavy atom. The molecule has 0 unspecified atom stereocenters. The molecule has 0 bridgehead atoms. The summed E-state index contributed by atoms with van der Waals surface area (Å²) in [5.41, 5.74) is 9.11. The highest BCUT2D eigenvalue weighted by atomic mass is 15.5. The van der Waals surface area contributed by atoms with E-state index in [-0.39, 0.29) is 0 Å². The van der Waals surface area contributed by atoms with Crippen LogP contribution in [0.1, 0.15) is 31.7 Å². The molecule has 1 heterocycles. The van der Waals surface area contributed by atoms with Gasteiger partial charge < -0.3 is 5.73 Å². The minimum absolute atomic E-state index is 0.347. The van der Waals surface area contributed by atoms with Crippen molar-refractivity contribution in [2.45, 2.75) is 39.7 Å². The molecule has 100 valence electrons. The molecule has 0 spiro atoms. The van der Waals surface area contributed by atoms with Crippen molar-refractivity contribution in [3.63, 3.8) is 0 Å². The number of anilines is 1. The van der Waals surface area contributed by atoms with Crippen LogP contribution < -0.4 is 5.73 Å². The minimum atomic E-state index is 0.347. The van der Waals surface area contributed by atoms with Gasteiger partial charge in [-0.2, -0.15) is 0 Å². The standard InChI is InChI=1S/C14H19N5/c1-10-6-11(8-12(15)7-10)13-16-17-18-19(13)9-14(2)4-3-5-14/h6-8H,3-5,9,15H2,1-2H3. The lowest BCUT2D eigenvalue weighted by atomic mass is 9.70. The minimum Gasteiger partial charge on any atom is -0.399 e. The Balaban J connectivity index is 1.94. The fourth-order valence-corrected chi connectivity index (χ4v) is 2.76. The van der Waals surface area contributed by atoms with Crippen molar-refractivity contribution in [2.24, 2.45) is 5.41 Å². The fourth-order valence-electron chi connectivity index (χ4n) is 2.76. The molecule has 5 nitrogen and oxygen atoms in total. The number of rotatable bonds is 3. The lowest BCUT2D eigenvalue weighted by molar-refractivity contribution is 0.126. The average Bonchev–Trinajstić information content (AvgIpc) is 2.73. The van der Waals surface area contributed by atoms with E-state index in [1.54, 1.807) is 0 Å². The molecule has 19 heavy (non-hydrogen) atoms. The second kappa shape index (κ2) is 4.33. The van der Waals surface area contributed by atoms with Crippen molar-refractivity contribution in [3.05, 3.63) is 23.8 Å². The number of nitrogen functional groups attached to an aromatic ring is 1. The lowest BCUT2D eigenvalue weighted by Gasteiger charge is -2.38. The first kappa shape index (κ1) is 12.1. The number of hydrogen-bond acceptors (Lipinski definition) is 4. The maximum absolute atomic E-state index is 5.90. The Morgan fingerprint density at radius 1 is 1.32 bits per heavy atom. The maximum Gasteiger partial charge on any atom is 0.182 e. The lowest BCUT2D eigenvalue weighted by Crippen LogP contribution is -2.31. The third-order valence-corrected chi connectivity index (χ3v) is 3.98. The summed E-state index contributed by atoms with van der Waals surface area (Å²) in [5, 5.41) is 12.1. The molecule has 1 aliphatic rings. The van der Waals surface area contributed by atoms with Crippen LogP contribution in [0.15, 0.2) is 18.2 Å². The number of aromatic nitrogens is 4. The summed E-state index contributed by atoms with van der Waals surface area (Å²) >= 11 is 0. The Bertz CT molecular complexity index is 577. The summed E-state index contributed by atoms with van der Waals surface area (Å²) in [6.45, 7) is 5.21. The van der Waals surface area contributed by atoms with Crippen LogP contribution in [0.3, 0.4) is 0 Å². The Kier molecular flexibility index (Phi) is 2.77. The molecule has 0 amide bonds. The third-order valence-electron chi connectivity index (χ3n) is 3.98. The van der Waals surface area contributed by atoms with Gasteiger partial charge in [-0.15, -0.1) is 5.10 Å². The highest BCUT2D eigenvalue weighted by Gasteiger charge is 2.33. The van der Waals surface area contributed by atoms with Gasteiger partial charge in [0.05, 0.1) is 6.54 Å². The molecule has 0 atom stereocenters. The van der Waals surface area contributed by atoms with Crippen LogP contribution in [-0.2, 0) is 6.54 Å². The molecule has 3 rings (SSSR count). The molecule has 5 heteroatoms. The van der Waals surface area contributed by atoms with E-state index >= 15 is 0 Å². The maximum atomic E-state index is 5.90. The number of tetrazole rings is 1. The molecule has 1 aromatic heterocycles. The van der Waals surface area contributed by atoms with Crippen molar-refractivity contribution in [1.29, 1.82) is 0 Å². The molecular formula is C14H19N5. The van der Waals surface area contributed by atoms with Gasteiger partial charge in [0.1, 0.15) is 0 Å². The zero-order valence-electron chi connectivity index (χ0n) is 11.4. The van der Waals surface area contributed by atoms with Crippen LogP contribution in [0, 0.1) is 12.3 Å². The van der Waals surface area contributed by atoms with E-state index in [1.807, 2.05) is 23.7 Å². The second-order valence-corrected chi connectivity index (χ2v) is 5.96. The third kappa shape index (κ3) is 2.32.